The maximum atomic E-state index is 13.7. The largest absolute Gasteiger partial charge is 0.507 e. The molecule has 2 heterocycles. The molecule has 1 aliphatic heterocycles. The molecule has 0 aliphatic carbocycles. The monoisotopic (exact) mass is 509 g/mol. The van der Waals surface area contributed by atoms with Crippen molar-refractivity contribution in [3.63, 3.8) is 0 Å². The Bertz CT molecular complexity index is 1550. The van der Waals surface area contributed by atoms with Gasteiger partial charge in [-0.05, 0) is 60.2 Å². The maximum Gasteiger partial charge on any atom is 0.301 e. The molecule has 1 aromatic heterocycles. The first-order valence-electron chi connectivity index (χ1n) is 10.1. The Hall–Kier alpha value is -4.15. The highest BCUT2D eigenvalue weighted by molar-refractivity contribution is 7.22. The first kappa shape index (κ1) is 22.6. The molecule has 1 atom stereocenters. The number of rotatable bonds is 4. The molecule has 0 saturated carbocycles. The molecule has 1 amide bonds. The number of aromatic nitrogens is 1. The second-order valence-corrected chi connectivity index (χ2v) is 9.08. The van der Waals surface area contributed by atoms with Gasteiger partial charge in [-0.25, -0.2) is 9.37 Å². The summed E-state index contributed by atoms with van der Waals surface area (Å²) in [7, 11) is 0. The number of aliphatic hydroxyl groups is 1. The normalized spacial score (nSPS) is 17.3. The van der Waals surface area contributed by atoms with Gasteiger partial charge in [-0.1, -0.05) is 22.9 Å². The molecule has 174 valence electrons. The second-order valence-electron chi connectivity index (χ2n) is 7.63. The number of nitro groups is 1. The van der Waals surface area contributed by atoms with Crippen molar-refractivity contribution in [3.8, 4) is 0 Å². The smallest absolute Gasteiger partial charge is 0.301 e. The number of Topliss-reactive ketones (excluding diaryl/α,β-unsaturated/α-hetero) is 1. The van der Waals surface area contributed by atoms with Gasteiger partial charge in [-0.15, -0.1) is 0 Å². The minimum absolute atomic E-state index is 0.117. The summed E-state index contributed by atoms with van der Waals surface area (Å²) in [6.45, 7) is 0. The quantitative estimate of drug-likeness (QED) is 0.125. The van der Waals surface area contributed by atoms with Gasteiger partial charge < -0.3 is 5.11 Å². The summed E-state index contributed by atoms with van der Waals surface area (Å²) in [6.07, 6.45) is 0. The van der Waals surface area contributed by atoms with Crippen molar-refractivity contribution in [2.24, 2.45) is 0 Å². The van der Waals surface area contributed by atoms with Crippen LogP contribution in [0.3, 0.4) is 0 Å². The summed E-state index contributed by atoms with van der Waals surface area (Å²) in [4.78, 5) is 42.4. The van der Waals surface area contributed by atoms with Crippen molar-refractivity contribution in [1.82, 2.24) is 4.98 Å². The predicted octanol–water partition coefficient (Wildman–Crippen LogP) is 5.62. The molecule has 35 heavy (non-hydrogen) atoms. The van der Waals surface area contributed by atoms with Crippen molar-refractivity contribution in [2.45, 2.75) is 6.04 Å². The summed E-state index contributed by atoms with van der Waals surface area (Å²) in [6, 6.07) is 14.2. The van der Waals surface area contributed by atoms with Crippen molar-refractivity contribution in [2.75, 3.05) is 4.90 Å². The number of fused-ring (bicyclic) bond motifs is 1. The number of nitrogens with zero attached hydrogens (tertiary/aromatic N) is 3. The first-order valence-corrected chi connectivity index (χ1v) is 11.3. The van der Waals surface area contributed by atoms with E-state index >= 15 is 0 Å². The van der Waals surface area contributed by atoms with Crippen molar-refractivity contribution < 1.29 is 24.0 Å². The van der Waals surface area contributed by atoms with E-state index in [9.17, 15) is 29.2 Å². The minimum Gasteiger partial charge on any atom is -0.507 e. The van der Waals surface area contributed by atoms with Gasteiger partial charge in [-0.2, -0.15) is 0 Å². The molecule has 11 heteroatoms. The Morgan fingerprint density at radius 2 is 1.77 bits per heavy atom. The van der Waals surface area contributed by atoms with Crippen molar-refractivity contribution in [3.05, 3.63) is 104 Å². The lowest BCUT2D eigenvalue weighted by atomic mass is 9.95. The third kappa shape index (κ3) is 3.92. The number of hydrogen-bond acceptors (Lipinski definition) is 7. The highest BCUT2D eigenvalue weighted by atomic mass is 35.5. The van der Waals surface area contributed by atoms with Crippen LogP contribution < -0.4 is 4.90 Å². The van der Waals surface area contributed by atoms with Crippen LogP contribution in [0.15, 0.2) is 72.3 Å². The average molecular weight is 510 g/mol. The summed E-state index contributed by atoms with van der Waals surface area (Å²) in [5.41, 5.74) is 0.630. The summed E-state index contributed by atoms with van der Waals surface area (Å²) in [5, 5.41) is 22.7. The fraction of sp³-hybridized carbons (Fsp3) is 0.0417. The number of anilines is 1. The number of halogens is 2. The lowest BCUT2D eigenvalue weighted by molar-refractivity contribution is -0.384. The molecule has 4 aromatic rings. The fourth-order valence-corrected chi connectivity index (χ4v) is 5.02. The summed E-state index contributed by atoms with van der Waals surface area (Å²) in [5.74, 6) is -2.81. The van der Waals surface area contributed by atoms with Gasteiger partial charge >= 0.3 is 5.91 Å². The van der Waals surface area contributed by atoms with Gasteiger partial charge in [0.25, 0.3) is 11.5 Å². The van der Waals surface area contributed by atoms with E-state index in [4.69, 9.17) is 11.6 Å². The first-order chi connectivity index (χ1) is 16.7. The van der Waals surface area contributed by atoms with Crippen LogP contribution in [-0.4, -0.2) is 26.7 Å². The zero-order valence-electron chi connectivity index (χ0n) is 17.5. The molecular weight excluding hydrogens is 497 g/mol. The number of benzene rings is 3. The van der Waals surface area contributed by atoms with Gasteiger partial charge in [0, 0.05) is 22.7 Å². The van der Waals surface area contributed by atoms with Gasteiger partial charge in [0.1, 0.15) is 11.6 Å². The molecular formula is C24H13ClFN3O5S. The lowest BCUT2D eigenvalue weighted by Crippen LogP contribution is -2.29. The molecule has 0 radical (unpaired) electrons. The molecule has 0 spiro atoms. The predicted molar refractivity (Wildman–Crippen MR) is 129 cm³/mol. The number of thiazole rings is 1. The Kier molecular flexibility index (Phi) is 5.54. The highest BCUT2D eigenvalue weighted by Crippen LogP contribution is 2.44. The van der Waals surface area contributed by atoms with E-state index in [-0.39, 0.29) is 22.0 Å². The van der Waals surface area contributed by atoms with Crippen LogP contribution in [0.5, 0.6) is 0 Å². The van der Waals surface area contributed by atoms with E-state index < -0.39 is 34.2 Å². The molecule has 1 aliphatic rings. The van der Waals surface area contributed by atoms with E-state index in [1.165, 1.54) is 66.7 Å². The molecule has 1 unspecified atom stereocenters. The fourth-order valence-electron chi connectivity index (χ4n) is 3.88. The van der Waals surface area contributed by atoms with Gasteiger partial charge in [-0.3, -0.25) is 24.6 Å². The third-order valence-electron chi connectivity index (χ3n) is 5.53. The van der Waals surface area contributed by atoms with Gasteiger partial charge in [0.2, 0.25) is 0 Å². The number of carbonyl (C=O) groups is 2. The molecule has 8 nitrogen and oxygen atoms in total. The molecule has 3 aromatic carbocycles. The van der Waals surface area contributed by atoms with Crippen LogP contribution in [0, 0.1) is 15.9 Å². The minimum atomic E-state index is -1.13. The molecule has 1 fully saturated rings. The Labute approximate surface area is 205 Å². The van der Waals surface area contributed by atoms with E-state index in [0.717, 1.165) is 16.2 Å². The van der Waals surface area contributed by atoms with E-state index in [1.807, 2.05) is 0 Å². The van der Waals surface area contributed by atoms with E-state index in [1.54, 1.807) is 0 Å². The van der Waals surface area contributed by atoms with Gasteiger partial charge in [0.15, 0.2) is 5.13 Å². The SMILES string of the molecule is O=C1C(=O)N(c2nc3ccc(F)cc3s2)C(c2ccc([N+](=O)[O-])cc2)C1=C(O)c1ccc(Cl)cc1. The van der Waals surface area contributed by atoms with Crippen LogP contribution in [0.25, 0.3) is 16.0 Å². The van der Waals surface area contributed by atoms with Crippen molar-refractivity contribution in [1.29, 1.82) is 0 Å². The van der Waals surface area contributed by atoms with Gasteiger partial charge in [0.05, 0.1) is 26.8 Å². The van der Waals surface area contributed by atoms with Crippen LogP contribution in [0.2, 0.25) is 5.02 Å². The summed E-state index contributed by atoms with van der Waals surface area (Å²) < 4.78 is 14.2. The summed E-state index contributed by atoms with van der Waals surface area (Å²) >= 11 is 6.93. The number of aliphatic hydroxyl groups excluding tert-OH is 1. The molecule has 1 N–H and O–H groups in total. The van der Waals surface area contributed by atoms with E-state index in [0.29, 0.717) is 20.8 Å². The Morgan fingerprint density at radius 3 is 2.43 bits per heavy atom. The number of nitro benzene ring substituents is 1. The molecule has 1 saturated heterocycles. The maximum absolute atomic E-state index is 13.7. The lowest BCUT2D eigenvalue weighted by Gasteiger charge is -2.22. The standard InChI is InChI=1S/C24H13ClFN3O5S/c25-14-5-1-13(2-6-14)21(30)19-20(12-3-8-16(9-4-12)29(33)34)28(23(32)22(19)31)24-27-17-10-7-15(26)11-18(17)35-24/h1-11,20,30H. The number of hydrogen-bond donors (Lipinski definition) is 1. The molecule has 5 rings (SSSR count). The second kappa shape index (κ2) is 8.57. The highest BCUT2D eigenvalue weighted by Gasteiger charge is 2.48. The zero-order valence-corrected chi connectivity index (χ0v) is 19.1. The number of amides is 1. The topological polar surface area (TPSA) is 114 Å². The van der Waals surface area contributed by atoms with Crippen LogP contribution >= 0.6 is 22.9 Å². The average Bonchev–Trinajstić information content (AvgIpc) is 3.37. The number of non-ortho nitro benzene ring substituents is 1. The van der Waals surface area contributed by atoms with Crippen LogP contribution in [0.4, 0.5) is 15.2 Å². The van der Waals surface area contributed by atoms with Crippen LogP contribution in [-0.2, 0) is 9.59 Å². The zero-order chi connectivity index (χ0) is 24.9. The Morgan fingerprint density at radius 1 is 1.09 bits per heavy atom. The molecule has 0 bridgehead atoms. The number of ketones is 1. The Balaban J connectivity index is 1.72. The van der Waals surface area contributed by atoms with Crippen molar-refractivity contribution >= 4 is 61.4 Å². The van der Waals surface area contributed by atoms with Crippen LogP contribution in [0.1, 0.15) is 17.2 Å². The third-order valence-corrected chi connectivity index (χ3v) is 6.80. The van der Waals surface area contributed by atoms with E-state index in [2.05, 4.69) is 4.98 Å². The number of carbonyl (C=O) groups excluding carboxylic acids is 2.